The minimum absolute atomic E-state index is 0. The van der Waals surface area contributed by atoms with E-state index >= 15 is 0 Å². The van der Waals surface area contributed by atoms with Crippen LogP contribution in [0.5, 0.6) is 5.88 Å². The predicted octanol–water partition coefficient (Wildman–Crippen LogP) is -5.49. The van der Waals surface area contributed by atoms with E-state index in [1.54, 1.807) is 0 Å². The van der Waals surface area contributed by atoms with Crippen LogP contribution in [0.15, 0.2) is 22.1 Å². The molecule has 0 radical (unpaired) electrons. The normalized spacial score (nSPS) is 28.0. The van der Waals surface area contributed by atoms with Crippen molar-refractivity contribution in [2.75, 3.05) is 18.9 Å². The molecule has 2 fully saturated rings. The standard InChI is InChI=1S/C20H26N7O10PSe.Na/c1-8-4-26(20(32)25-17(8)30)13-2-9(29)12(36-13)6-34-38(33,39)37-10-3-14(35-11(10)5-28)27-7-22-15-16(27)23-19(21)24-18(15)31;/h4,7,9-14,28-29H,2-3,5-6H2,1H3,(H,33,39)(H,25,30,32)(H3,21,23,24,31);/q;+1/p-1/t9-,10-,11+,12+,13+,14+,38?;/m0./s1. The van der Waals surface area contributed by atoms with Crippen molar-refractivity contribution in [1.29, 1.82) is 0 Å². The number of aliphatic hydroxyl groups is 2. The van der Waals surface area contributed by atoms with Crippen LogP contribution in [-0.2, 0) is 18.5 Å². The molecule has 6 N–H and O–H groups in total. The number of fused-ring (bicyclic) bond motifs is 1. The SMILES string of the molecule is Cc1cn([C@H]2C[C@H](O)[C@@H](CO[P+](O)([Se-])O[C@H]3C[C@H](n4cnc5c(=O)[nH]c(N)nc54)O[C@@H]3CO)O2)c(=O)nc1[O-].[Na+]. The van der Waals surface area contributed by atoms with Gasteiger partial charge in [0.2, 0.25) is 0 Å². The minimum atomic E-state index is -3.65. The van der Waals surface area contributed by atoms with Crippen LogP contribution < -0.4 is 51.6 Å². The van der Waals surface area contributed by atoms with Crippen molar-refractivity contribution in [3.8, 4) is 5.88 Å². The summed E-state index contributed by atoms with van der Waals surface area (Å²) >= 11 is 2.48. The van der Waals surface area contributed by atoms with E-state index in [0.29, 0.717) is 0 Å². The van der Waals surface area contributed by atoms with E-state index in [1.807, 2.05) is 0 Å². The van der Waals surface area contributed by atoms with Gasteiger partial charge in [-0.1, -0.05) is 0 Å². The first-order valence-electron chi connectivity index (χ1n) is 11.7. The van der Waals surface area contributed by atoms with Crippen LogP contribution >= 0.6 is 6.63 Å². The van der Waals surface area contributed by atoms with Gasteiger partial charge >= 0.3 is 257 Å². The molecular formula is C20H25N7NaO10PSe. The van der Waals surface area contributed by atoms with Crippen molar-refractivity contribution in [3.05, 3.63) is 38.9 Å². The van der Waals surface area contributed by atoms with E-state index in [4.69, 9.17) is 24.3 Å². The van der Waals surface area contributed by atoms with Crippen LogP contribution in [0.25, 0.3) is 11.2 Å². The van der Waals surface area contributed by atoms with Crippen molar-refractivity contribution in [3.63, 3.8) is 0 Å². The molecule has 5 heterocycles. The third-order valence-corrected chi connectivity index (χ3v) is 8.61. The maximum absolute atomic E-state index is 12.1. The molecular weight excluding hydrogens is 631 g/mol. The minimum Gasteiger partial charge on any atom is 1.00 e. The predicted molar refractivity (Wildman–Crippen MR) is 131 cm³/mol. The van der Waals surface area contributed by atoms with Gasteiger partial charge in [-0.3, -0.25) is 0 Å². The molecule has 40 heavy (non-hydrogen) atoms. The summed E-state index contributed by atoms with van der Waals surface area (Å²) in [4.78, 5) is 48.9. The van der Waals surface area contributed by atoms with Crippen LogP contribution in [0.3, 0.4) is 0 Å². The summed E-state index contributed by atoms with van der Waals surface area (Å²) in [6.45, 7) is -2.89. The van der Waals surface area contributed by atoms with Gasteiger partial charge < -0.3 is 0 Å². The summed E-state index contributed by atoms with van der Waals surface area (Å²) in [6, 6.07) is 0. The molecule has 7 atom stereocenters. The Labute approximate surface area is 255 Å². The molecule has 0 spiro atoms. The van der Waals surface area contributed by atoms with Gasteiger partial charge in [-0.05, 0) is 0 Å². The van der Waals surface area contributed by atoms with Crippen molar-refractivity contribution >= 4 is 39.3 Å². The van der Waals surface area contributed by atoms with Crippen molar-refractivity contribution in [2.45, 2.75) is 56.6 Å². The Kier molecular flexibility index (Phi) is 9.74. The number of nitrogens with two attached hydrogens (primary N) is 1. The Morgan fingerprint density at radius 2 is 1.95 bits per heavy atom. The number of ether oxygens (including phenoxy) is 2. The summed E-state index contributed by atoms with van der Waals surface area (Å²) in [5.74, 6) is -0.745. The quantitative estimate of drug-likeness (QED) is 0.112. The summed E-state index contributed by atoms with van der Waals surface area (Å²) < 4.78 is 25.5. The fourth-order valence-corrected chi connectivity index (χ4v) is 6.50. The summed E-state index contributed by atoms with van der Waals surface area (Å²) in [6.07, 6.45) is -2.47. The van der Waals surface area contributed by atoms with Crippen molar-refractivity contribution in [1.82, 2.24) is 29.1 Å². The fourth-order valence-electron chi connectivity index (χ4n) is 4.46. The van der Waals surface area contributed by atoms with Gasteiger partial charge in [0.05, 0.1) is 0 Å². The molecule has 0 aliphatic carbocycles. The molecule has 1 unspecified atom stereocenters. The first kappa shape index (κ1) is 31.4. The molecule has 2 saturated heterocycles. The topological polar surface area (TPSA) is 245 Å². The van der Waals surface area contributed by atoms with Gasteiger partial charge in [-0.2, -0.15) is 0 Å². The zero-order valence-electron chi connectivity index (χ0n) is 21.3. The smallest absolute Gasteiger partial charge is 1.00 e. The molecule has 2 aliphatic rings. The van der Waals surface area contributed by atoms with Crippen molar-refractivity contribution in [2.24, 2.45) is 0 Å². The zero-order valence-corrected chi connectivity index (χ0v) is 25.9. The second-order valence-electron chi connectivity index (χ2n) is 9.08. The Morgan fingerprint density at radius 3 is 2.67 bits per heavy atom. The number of aromatic amines is 1. The molecule has 2 aliphatic heterocycles. The average Bonchev–Trinajstić information content (AvgIpc) is 3.56. The molecule has 0 amide bonds. The van der Waals surface area contributed by atoms with E-state index in [-0.39, 0.29) is 71.7 Å². The van der Waals surface area contributed by atoms with Crippen LogP contribution in [0.2, 0.25) is 0 Å². The Morgan fingerprint density at radius 1 is 1.25 bits per heavy atom. The van der Waals surface area contributed by atoms with Crippen LogP contribution in [0.4, 0.5) is 5.95 Å². The number of rotatable bonds is 8. The second kappa shape index (κ2) is 12.4. The molecule has 3 aromatic rings. The second-order valence-corrected chi connectivity index (χ2v) is 13.4. The number of aryl methyl sites for hydroxylation is 1. The third kappa shape index (κ3) is 6.44. The maximum atomic E-state index is 12.1. The number of nitrogen functional groups attached to an aromatic ring is 1. The van der Waals surface area contributed by atoms with E-state index in [2.05, 4.69) is 35.5 Å². The van der Waals surface area contributed by atoms with Gasteiger partial charge in [-0.25, -0.2) is 0 Å². The first-order valence-corrected chi connectivity index (χ1v) is 15.5. The molecule has 0 aromatic carbocycles. The van der Waals surface area contributed by atoms with E-state index in [1.165, 1.54) is 24.0 Å². The van der Waals surface area contributed by atoms with Gasteiger partial charge in [0.1, 0.15) is 0 Å². The molecule has 212 valence electrons. The number of anilines is 1. The average molecular weight is 656 g/mol. The van der Waals surface area contributed by atoms with Gasteiger partial charge in [0, 0.05) is 0 Å². The molecule has 5 rings (SSSR count). The number of nitrogens with zero attached hydrogens (tertiary/aromatic N) is 5. The number of hydrogen-bond acceptors (Lipinski definition) is 14. The number of hydrogen-bond donors (Lipinski definition) is 5. The molecule has 0 saturated carbocycles. The monoisotopic (exact) mass is 657 g/mol. The number of aliphatic hydroxyl groups excluding tert-OH is 2. The Balaban J connectivity index is 0.00000370. The molecule has 3 aromatic heterocycles. The zero-order chi connectivity index (χ0) is 28.1. The number of H-pyrrole nitrogens is 1. The van der Waals surface area contributed by atoms with Crippen LogP contribution in [0.1, 0.15) is 30.9 Å². The first-order chi connectivity index (χ1) is 18.5. The van der Waals surface area contributed by atoms with E-state index < -0.39 is 67.2 Å². The van der Waals surface area contributed by atoms with Gasteiger partial charge in [-0.15, -0.1) is 0 Å². The van der Waals surface area contributed by atoms with Crippen molar-refractivity contribution < 1.29 is 68.3 Å². The van der Waals surface area contributed by atoms with Crippen LogP contribution in [-0.4, -0.2) is 97.4 Å². The van der Waals surface area contributed by atoms with E-state index in [0.717, 1.165) is 4.57 Å². The van der Waals surface area contributed by atoms with Crippen LogP contribution in [0, 0.1) is 6.92 Å². The fraction of sp³-hybridized carbons (Fsp3) is 0.550. The summed E-state index contributed by atoms with van der Waals surface area (Å²) in [5, 5.41) is 31.9. The van der Waals surface area contributed by atoms with E-state index in [9.17, 15) is 29.8 Å². The van der Waals surface area contributed by atoms with Gasteiger partial charge in [0.15, 0.2) is 0 Å². The Bertz CT molecular complexity index is 1490. The number of nitrogens with one attached hydrogen (secondary N) is 1. The number of aromatic nitrogens is 6. The largest absolute Gasteiger partial charge is 1.00 e. The maximum Gasteiger partial charge on any atom is 1.00 e. The van der Waals surface area contributed by atoms with Gasteiger partial charge in [0.25, 0.3) is 0 Å². The number of imidazole rings is 1. The molecule has 20 heteroatoms. The molecule has 0 bridgehead atoms. The molecule has 17 nitrogen and oxygen atoms in total. The summed E-state index contributed by atoms with van der Waals surface area (Å²) in [5.41, 5.74) is 4.80. The third-order valence-electron chi connectivity index (χ3n) is 6.39. The Hall–Kier alpha value is -1.50. The summed E-state index contributed by atoms with van der Waals surface area (Å²) in [7, 11) is 0.